The van der Waals surface area contributed by atoms with Crippen molar-refractivity contribution in [3.8, 4) is 0 Å². The molecule has 0 heterocycles. The molecule has 5 nitrogen and oxygen atoms in total. The second-order valence-corrected chi connectivity index (χ2v) is 3.56. The van der Waals surface area contributed by atoms with Crippen LogP contribution in [-0.4, -0.2) is 39.4 Å². The van der Waals surface area contributed by atoms with Crippen molar-refractivity contribution in [2.75, 3.05) is 20.8 Å². The highest BCUT2D eigenvalue weighted by atomic mass is 16.7. The quantitative estimate of drug-likeness (QED) is 0.265. The SMILES string of the molecule is C=C(C[C@H](C=O)CC(OC)OC)C(=O)OCC. The lowest BCUT2D eigenvalue weighted by Gasteiger charge is -2.17. The van der Waals surface area contributed by atoms with Crippen molar-refractivity contribution in [2.24, 2.45) is 5.92 Å². The lowest BCUT2D eigenvalue weighted by Crippen LogP contribution is -2.20. The van der Waals surface area contributed by atoms with Gasteiger partial charge in [-0.2, -0.15) is 0 Å². The molecule has 0 rings (SSSR count). The Labute approximate surface area is 102 Å². The van der Waals surface area contributed by atoms with E-state index in [4.69, 9.17) is 14.2 Å². The fraction of sp³-hybridized carbons (Fsp3) is 0.667. The smallest absolute Gasteiger partial charge is 0.333 e. The van der Waals surface area contributed by atoms with E-state index >= 15 is 0 Å². The minimum absolute atomic E-state index is 0.256. The highest BCUT2D eigenvalue weighted by molar-refractivity contribution is 5.88. The van der Waals surface area contributed by atoms with Gasteiger partial charge in [0.25, 0.3) is 0 Å². The van der Waals surface area contributed by atoms with E-state index < -0.39 is 12.3 Å². The number of ether oxygens (including phenoxy) is 3. The van der Waals surface area contributed by atoms with E-state index in [1.807, 2.05) is 0 Å². The Morgan fingerprint density at radius 3 is 2.35 bits per heavy atom. The van der Waals surface area contributed by atoms with Gasteiger partial charge in [-0.05, 0) is 13.3 Å². The fourth-order valence-electron chi connectivity index (χ4n) is 1.36. The highest BCUT2D eigenvalue weighted by Crippen LogP contribution is 2.17. The third-order valence-corrected chi connectivity index (χ3v) is 2.29. The second-order valence-electron chi connectivity index (χ2n) is 3.56. The van der Waals surface area contributed by atoms with E-state index in [0.717, 1.165) is 6.29 Å². The summed E-state index contributed by atoms with van der Waals surface area (Å²) in [7, 11) is 2.99. The van der Waals surface area contributed by atoms with Crippen LogP contribution < -0.4 is 0 Å². The fourth-order valence-corrected chi connectivity index (χ4v) is 1.36. The zero-order valence-corrected chi connectivity index (χ0v) is 10.6. The van der Waals surface area contributed by atoms with Crippen molar-refractivity contribution >= 4 is 12.3 Å². The average molecular weight is 244 g/mol. The number of rotatable bonds is 9. The number of hydrogen-bond donors (Lipinski definition) is 0. The van der Waals surface area contributed by atoms with Crippen molar-refractivity contribution < 1.29 is 23.8 Å². The number of carbonyl (C=O) groups is 2. The maximum atomic E-state index is 11.3. The standard InChI is InChI=1S/C12H20O5/c1-5-17-12(14)9(2)6-10(8-13)7-11(15-3)16-4/h8,10-11H,2,5-7H2,1,3-4H3/t10-/m0/s1. The van der Waals surface area contributed by atoms with Crippen molar-refractivity contribution in [3.63, 3.8) is 0 Å². The summed E-state index contributed by atoms with van der Waals surface area (Å²) in [6.45, 7) is 5.62. The predicted molar refractivity (Wildman–Crippen MR) is 62.4 cm³/mol. The number of esters is 1. The molecule has 5 heteroatoms. The number of methoxy groups -OCH3 is 2. The Morgan fingerprint density at radius 1 is 1.35 bits per heavy atom. The van der Waals surface area contributed by atoms with Crippen LogP contribution >= 0.6 is 0 Å². The molecular formula is C12H20O5. The van der Waals surface area contributed by atoms with E-state index in [1.165, 1.54) is 14.2 Å². The summed E-state index contributed by atoms with van der Waals surface area (Å²) >= 11 is 0. The predicted octanol–water partition coefficient (Wildman–Crippen LogP) is 1.32. The van der Waals surface area contributed by atoms with Crippen molar-refractivity contribution in [3.05, 3.63) is 12.2 Å². The Bertz CT molecular complexity index is 258. The minimum Gasteiger partial charge on any atom is -0.463 e. The number of carbonyl (C=O) groups excluding carboxylic acids is 2. The van der Waals surface area contributed by atoms with Crippen LogP contribution in [0.2, 0.25) is 0 Å². The maximum absolute atomic E-state index is 11.3. The molecule has 98 valence electrons. The van der Waals surface area contributed by atoms with Gasteiger partial charge in [0.05, 0.1) is 6.61 Å². The average Bonchev–Trinajstić information content (AvgIpc) is 2.34. The summed E-state index contributed by atoms with van der Waals surface area (Å²) in [6, 6.07) is 0. The van der Waals surface area contributed by atoms with Gasteiger partial charge in [0.15, 0.2) is 6.29 Å². The molecule has 0 aromatic rings. The van der Waals surface area contributed by atoms with Gasteiger partial charge in [0.2, 0.25) is 0 Å². The molecule has 0 aliphatic heterocycles. The molecule has 0 saturated heterocycles. The molecule has 0 aromatic heterocycles. The van der Waals surface area contributed by atoms with Crippen molar-refractivity contribution in [1.29, 1.82) is 0 Å². The number of aldehydes is 1. The largest absolute Gasteiger partial charge is 0.463 e. The number of hydrogen-bond acceptors (Lipinski definition) is 5. The summed E-state index contributed by atoms with van der Waals surface area (Å²) in [5.41, 5.74) is 0.287. The molecule has 0 aliphatic carbocycles. The first-order valence-electron chi connectivity index (χ1n) is 5.44. The summed E-state index contributed by atoms with van der Waals surface area (Å²) in [4.78, 5) is 22.2. The van der Waals surface area contributed by atoms with E-state index in [-0.39, 0.29) is 17.9 Å². The molecule has 1 atom stereocenters. The van der Waals surface area contributed by atoms with E-state index in [1.54, 1.807) is 6.92 Å². The van der Waals surface area contributed by atoms with E-state index in [2.05, 4.69) is 6.58 Å². The summed E-state index contributed by atoms with van der Waals surface area (Å²) < 4.78 is 14.8. The second kappa shape index (κ2) is 8.90. The molecule has 0 aliphatic rings. The van der Waals surface area contributed by atoms with Gasteiger partial charge >= 0.3 is 5.97 Å². The van der Waals surface area contributed by atoms with E-state index in [9.17, 15) is 9.59 Å². The Kier molecular flexibility index (Phi) is 8.27. The zero-order valence-electron chi connectivity index (χ0n) is 10.6. The Morgan fingerprint density at radius 2 is 1.94 bits per heavy atom. The summed E-state index contributed by atoms with van der Waals surface area (Å²) in [6.07, 6.45) is 0.954. The van der Waals surface area contributed by atoms with Crippen LogP contribution in [0.5, 0.6) is 0 Å². The molecule has 0 unspecified atom stereocenters. The monoisotopic (exact) mass is 244 g/mol. The summed E-state index contributed by atoms with van der Waals surface area (Å²) in [5, 5.41) is 0. The topological polar surface area (TPSA) is 61.8 Å². The van der Waals surface area contributed by atoms with Crippen LogP contribution in [0.15, 0.2) is 12.2 Å². The molecule has 17 heavy (non-hydrogen) atoms. The maximum Gasteiger partial charge on any atom is 0.333 e. The van der Waals surface area contributed by atoms with Gasteiger partial charge in [-0.15, -0.1) is 0 Å². The van der Waals surface area contributed by atoms with Crippen LogP contribution in [0.25, 0.3) is 0 Å². The van der Waals surface area contributed by atoms with Crippen molar-refractivity contribution in [2.45, 2.75) is 26.1 Å². The third kappa shape index (κ3) is 6.19. The first-order valence-corrected chi connectivity index (χ1v) is 5.44. The normalized spacial score (nSPS) is 12.2. The van der Waals surface area contributed by atoms with Crippen LogP contribution in [0.3, 0.4) is 0 Å². The van der Waals surface area contributed by atoms with Crippen LogP contribution in [-0.2, 0) is 23.8 Å². The van der Waals surface area contributed by atoms with E-state index in [0.29, 0.717) is 13.0 Å². The van der Waals surface area contributed by atoms with Gasteiger partial charge in [0.1, 0.15) is 6.29 Å². The van der Waals surface area contributed by atoms with Crippen LogP contribution in [0.4, 0.5) is 0 Å². The van der Waals surface area contributed by atoms with Crippen LogP contribution in [0.1, 0.15) is 19.8 Å². The molecule has 0 radical (unpaired) electrons. The highest BCUT2D eigenvalue weighted by Gasteiger charge is 2.19. The third-order valence-electron chi connectivity index (χ3n) is 2.29. The van der Waals surface area contributed by atoms with Gasteiger partial charge < -0.3 is 19.0 Å². The lowest BCUT2D eigenvalue weighted by molar-refractivity contribution is -0.139. The molecule has 0 aromatic carbocycles. The molecule has 0 N–H and O–H groups in total. The van der Waals surface area contributed by atoms with Gasteiger partial charge in [0, 0.05) is 32.1 Å². The Balaban J connectivity index is 4.25. The minimum atomic E-state index is -0.467. The Hall–Kier alpha value is -1.20. The molecular weight excluding hydrogens is 224 g/mol. The molecule has 0 amide bonds. The zero-order chi connectivity index (χ0) is 13.3. The van der Waals surface area contributed by atoms with Gasteiger partial charge in [-0.25, -0.2) is 4.79 Å². The summed E-state index contributed by atoms with van der Waals surface area (Å²) in [5.74, 6) is -0.831. The van der Waals surface area contributed by atoms with Crippen molar-refractivity contribution in [1.82, 2.24) is 0 Å². The molecule has 0 spiro atoms. The molecule has 0 bridgehead atoms. The first-order chi connectivity index (χ1) is 8.08. The molecule has 0 saturated carbocycles. The van der Waals surface area contributed by atoms with Crippen LogP contribution in [0, 0.1) is 5.92 Å². The molecule has 0 fully saturated rings. The van der Waals surface area contributed by atoms with Gasteiger partial charge in [-0.3, -0.25) is 0 Å². The first kappa shape index (κ1) is 15.8. The van der Waals surface area contributed by atoms with Gasteiger partial charge in [-0.1, -0.05) is 6.58 Å². The lowest BCUT2D eigenvalue weighted by atomic mass is 9.98.